The summed E-state index contributed by atoms with van der Waals surface area (Å²) < 4.78 is 25.2. The molecule has 3 aromatic rings. The Labute approximate surface area is 204 Å². The zero-order valence-corrected chi connectivity index (χ0v) is 20.0. The number of fused-ring (bicyclic) bond motifs is 1. The van der Waals surface area contributed by atoms with Crippen molar-refractivity contribution < 1.29 is 18.7 Å². The molecule has 0 atom stereocenters. The molecule has 1 fully saturated rings. The summed E-state index contributed by atoms with van der Waals surface area (Å²) >= 11 is 0. The number of nitrogens with zero attached hydrogens (tertiary/aromatic N) is 4. The van der Waals surface area contributed by atoms with E-state index in [2.05, 4.69) is 11.8 Å². The van der Waals surface area contributed by atoms with E-state index in [-0.39, 0.29) is 5.91 Å². The van der Waals surface area contributed by atoms with Gasteiger partial charge in [0.25, 0.3) is 5.91 Å². The van der Waals surface area contributed by atoms with Crippen LogP contribution in [0, 0.1) is 11.7 Å². The minimum absolute atomic E-state index is 0.223. The molecular formula is C27H29FN4O3. The maximum Gasteiger partial charge on any atom is 0.254 e. The third-order valence-corrected chi connectivity index (χ3v) is 6.71. The molecule has 0 radical (unpaired) electrons. The summed E-state index contributed by atoms with van der Waals surface area (Å²) in [6.45, 7) is 4.89. The Morgan fingerprint density at radius 3 is 2.49 bits per heavy atom. The van der Waals surface area contributed by atoms with E-state index < -0.39 is 5.82 Å². The van der Waals surface area contributed by atoms with E-state index in [4.69, 9.17) is 19.4 Å². The number of aromatic nitrogens is 2. The van der Waals surface area contributed by atoms with E-state index in [1.807, 2.05) is 24.3 Å². The molecule has 5 rings (SSSR count). The number of halogens is 1. The van der Waals surface area contributed by atoms with Crippen molar-refractivity contribution in [1.29, 1.82) is 0 Å². The molecule has 1 saturated heterocycles. The summed E-state index contributed by atoms with van der Waals surface area (Å²) in [4.78, 5) is 26.7. The highest BCUT2D eigenvalue weighted by Gasteiger charge is 2.29. The van der Waals surface area contributed by atoms with Gasteiger partial charge in [0.05, 0.1) is 24.9 Å². The van der Waals surface area contributed by atoms with Gasteiger partial charge < -0.3 is 19.3 Å². The molecule has 1 amide bonds. The highest BCUT2D eigenvalue weighted by Crippen LogP contribution is 2.33. The fourth-order valence-corrected chi connectivity index (χ4v) is 4.54. The number of benzene rings is 2. The first-order chi connectivity index (χ1) is 17.0. The van der Waals surface area contributed by atoms with E-state index >= 15 is 0 Å². The number of hydrogen-bond acceptors (Lipinski definition) is 6. The Balaban J connectivity index is 1.46. The lowest BCUT2D eigenvalue weighted by atomic mass is 9.99. The summed E-state index contributed by atoms with van der Waals surface area (Å²) in [6, 6.07) is 13.1. The van der Waals surface area contributed by atoms with Crippen molar-refractivity contribution in [2.45, 2.75) is 32.7 Å². The van der Waals surface area contributed by atoms with Gasteiger partial charge in [0.15, 0.2) is 0 Å². The Hall–Kier alpha value is -3.68. The van der Waals surface area contributed by atoms with Gasteiger partial charge in [0.2, 0.25) is 11.8 Å². The van der Waals surface area contributed by atoms with Crippen LogP contribution in [0.4, 0.5) is 10.3 Å². The summed E-state index contributed by atoms with van der Waals surface area (Å²) in [5.41, 5.74) is 2.00. The maximum atomic E-state index is 13.7. The van der Waals surface area contributed by atoms with Crippen molar-refractivity contribution in [1.82, 2.24) is 14.9 Å². The number of ether oxygens (including phenoxy) is 2. The first-order valence-electron chi connectivity index (χ1n) is 12.0. The molecular weight excluding hydrogens is 447 g/mol. The predicted molar refractivity (Wildman–Crippen MR) is 131 cm³/mol. The highest BCUT2D eigenvalue weighted by molar-refractivity contribution is 5.94. The average molecular weight is 477 g/mol. The average Bonchev–Trinajstić information content (AvgIpc) is 2.89. The Morgan fingerprint density at radius 1 is 1.03 bits per heavy atom. The van der Waals surface area contributed by atoms with Crippen LogP contribution < -0.4 is 14.4 Å². The third-order valence-electron chi connectivity index (χ3n) is 6.71. The van der Waals surface area contributed by atoms with E-state index in [0.29, 0.717) is 48.6 Å². The molecule has 35 heavy (non-hydrogen) atoms. The van der Waals surface area contributed by atoms with Crippen LogP contribution in [-0.4, -0.2) is 47.5 Å². The van der Waals surface area contributed by atoms with Crippen molar-refractivity contribution in [3.8, 4) is 17.4 Å². The third kappa shape index (κ3) is 5.06. The minimum Gasteiger partial charge on any atom is -0.497 e. The van der Waals surface area contributed by atoms with Gasteiger partial charge in [0, 0.05) is 31.6 Å². The van der Waals surface area contributed by atoms with Gasteiger partial charge in [-0.2, -0.15) is 4.98 Å². The number of carbonyl (C=O) groups excluding carboxylic acids is 1. The van der Waals surface area contributed by atoms with Crippen LogP contribution in [0.25, 0.3) is 0 Å². The van der Waals surface area contributed by atoms with Gasteiger partial charge >= 0.3 is 0 Å². The van der Waals surface area contributed by atoms with Gasteiger partial charge in [0.1, 0.15) is 17.3 Å². The fraction of sp³-hybridized carbons (Fsp3) is 0.370. The van der Waals surface area contributed by atoms with Gasteiger partial charge in [-0.25, -0.2) is 9.37 Å². The molecule has 2 aliphatic heterocycles. The molecule has 0 aliphatic carbocycles. The number of hydrogen-bond donors (Lipinski definition) is 0. The van der Waals surface area contributed by atoms with Gasteiger partial charge in [-0.05, 0) is 61.2 Å². The van der Waals surface area contributed by atoms with E-state index in [9.17, 15) is 9.18 Å². The Kier molecular flexibility index (Phi) is 6.53. The van der Waals surface area contributed by atoms with Crippen LogP contribution >= 0.6 is 0 Å². The second-order valence-electron chi connectivity index (χ2n) is 9.19. The SMILES string of the molecule is COc1ccc(Oc2nc(N3CCC(C)CC3)nc3c2CN(C(=O)c2cccc(F)c2)CC3)cc1. The zero-order chi connectivity index (χ0) is 24.4. The van der Waals surface area contributed by atoms with Crippen LogP contribution in [0.3, 0.4) is 0 Å². The number of methoxy groups -OCH3 is 1. The molecule has 2 aromatic carbocycles. The van der Waals surface area contributed by atoms with E-state index in [1.54, 1.807) is 24.1 Å². The van der Waals surface area contributed by atoms with Crippen molar-refractivity contribution in [3.05, 3.63) is 71.2 Å². The molecule has 0 spiro atoms. The number of piperidine rings is 1. The number of carbonyl (C=O) groups is 1. The lowest BCUT2D eigenvalue weighted by Gasteiger charge is -2.33. The van der Waals surface area contributed by atoms with Crippen molar-refractivity contribution in [2.24, 2.45) is 5.92 Å². The number of rotatable bonds is 5. The second kappa shape index (κ2) is 9.90. The molecule has 0 saturated carbocycles. The van der Waals surface area contributed by atoms with E-state index in [0.717, 1.165) is 42.9 Å². The minimum atomic E-state index is -0.430. The predicted octanol–water partition coefficient (Wildman–Crippen LogP) is 4.85. The van der Waals surface area contributed by atoms with Crippen LogP contribution in [0.2, 0.25) is 0 Å². The van der Waals surface area contributed by atoms with Crippen LogP contribution in [-0.2, 0) is 13.0 Å². The smallest absolute Gasteiger partial charge is 0.254 e. The normalized spacial score (nSPS) is 16.1. The molecule has 3 heterocycles. The van der Waals surface area contributed by atoms with Crippen LogP contribution in [0.15, 0.2) is 48.5 Å². The summed E-state index contributed by atoms with van der Waals surface area (Å²) in [5, 5.41) is 0. The quantitative estimate of drug-likeness (QED) is 0.524. The summed E-state index contributed by atoms with van der Waals surface area (Å²) in [6.07, 6.45) is 2.78. The van der Waals surface area contributed by atoms with Crippen molar-refractivity contribution >= 4 is 11.9 Å². The lowest BCUT2D eigenvalue weighted by Crippen LogP contribution is -2.38. The summed E-state index contributed by atoms with van der Waals surface area (Å²) in [7, 11) is 1.62. The molecule has 7 nitrogen and oxygen atoms in total. The first-order valence-corrected chi connectivity index (χ1v) is 12.0. The zero-order valence-electron chi connectivity index (χ0n) is 20.0. The Bertz CT molecular complexity index is 1210. The lowest BCUT2D eigenvalue weighted by molar-refractivity contribution is 0.0731. The Morgan fingerprint density at radius 2 is 1.77 bits per heavy atom. The number of anilines is 1. The van der Waals surface area contributed by atoms with Crippen molar-refractivity contribution in [2.75, 3.05) is 31.6 Å². The molecule has 0 unspecified atom stereocenters. The highest BCUT2D eigenvalue weighted by atomic mass is 19.1. The molecule has 8 heteroatoms. The fourth-order valence-electron chi connectivity index (χ4n) is 4.54. The van der Waals surface area contributed by atoms with Gasteiger partial charge in [-0.15, -0.1) is 0 Å². The maximum absolute atomic E-state index is 13.7. The topological polar surface area (TPSA) is 67.8 Å². The molecule has 1 aromatic heterocycles. The van der Waals surface area contributed by atoms with Crippen LogP contribution in [0.5, 0.6) is 17.4 Å². The standard InChI is InChI=1S/C27H29FN4O3/c1-18-10-13-31(14-11-18)27-29-24-12-15-32(26(33)19-4-3-5-20(28)16-19)17-23(24)25(30-27)35-22-8-6-21(34-2)7-9-22/h3-9,16,18H,10-15,17H2,1-2H3. The molecule has 0 bridgehead atoms. The molecule has 182 valence electrons. The summed E-state index contributed by atoms with van der Waals surface area (Å²) in [5.74, 6) is 2.52. The first kappa shape index (κ1) is 23.1. The van der Waals surface area contributed by atoms with Crippen LogP contribution in [0.1, 0.15) is 41.4 Å². The van der Waals surface area contributed by atoms with Gasteiger partial charge in [-0.1, -0.05) is 13.0 Å². The monoisotopic (exact) mass is 476 g/mol. The second-order valence-corrected chi connectivity index (χ2v) is 9.19. The van der Waals surface area contributed by atoms with Gasteiger partial charge in [-0.3, -0.25) is 4.79 Å². The van der Waals surface area contributed by atoms with E-state index in [1.165, 1.54) is 12.1 Å². The molecule has 2 aliphatic rings. The van der Waals surface area contributed by atoms with Crippen molar-refractivity contribution in [3.63, 3.8) is 0 Å². The largest absolute Gasteiger partial charge is 0.497 e. The number of amides is 1. The molecule has 0 N–H and O–H groups in total.